The van der Waals surface area contributed by atoms with Crippen LogP contribution >= 0.6 is 23.2 Å². The highest BCUT2D eigenvalue weighted by Crippen LogP contribution is 2.36. The fourth-order valence-electron chi connectivity index (χ4n) is 2.12. The van der Waals surface area contributed by atoms with Crippen LogP contribution in [-0.2, 0) is 11.2 Å². The fourth-order valence-corrected chi connectivity index (χ4v) is 2.59. The van der Waals surface area contributed by atoms with Gasteiger partial charge in [0.2, 0.25) is 5.91 Å². The number of carbonyl (C=O) groups excluding carboxylic acids is 1. The van der Waals surface area contributed by atoms with Gasteiger partial charge in [-0.1, -0.05) is 41.4 Å². The lowest BCUT2D eigenvalue weighted by atomic mass is 10.1. The number of anilines is 1. The van der Waals surface area contributed by atoms with Gasteiger partial charge in [0.15, 0.2) is 0 Å². The van der Waals surface area contributed by atoms with Crippen molar-refractivity contribution in [2.45, 2.75) is 12.8 Å². The maximum atomic E-state index is 12.1. The Bertz CT molecular complexity index is 704. The molecule has 0 saturated carbocycles. The Hall–Kier alpha value is -1.91. The van der Waals surface area contributed by atoms with Gasteiger partial charge in [0.1, 0.15) is 11.5 Å². The Balaban J connectivity index is 2.05. The van der Waals surface area contributed by atoms with Crippen molar-refractivity contribution in [3.8, 4) is 11.5 Å². The number of carbonyl (C=O) groups is 1. The number of nitrogens with one attached hydrogen (secondary N) is 1. The topological polar surface area (TPSA) is 47.6 Å². The zero-order valence-corrected chi connectivity index (χ0v) is 14.4. The van der Waals surface area contributed by atoms with E-state index in [0.29, 0.717) is 40.1 Å². The molecule has 0 bridgehead atoms. The highest BCUT2D eigenvalue weighted by Gasteiger charge is 2.13. The van der Waals surface area contributed by atoms with Crippen molar-refractivity contribution in [1.29, 1.82) is 0 Å². The van der Waals surface area contributed by atoms with Crippen molar-refractivity contribution < 1.29 is 14.3 Å². The van der Waals surface area contributed by atoms with Gasteiger partial charge in [-0.3, -0.25) is 4.79 Å². The summed E-state index contributed by atoms with van der Waals surface area (Å²) in [5.74, 6) is 0.819. The lowest BCUT2D eigenvalue weighted by Gasteiger charge is -2.13. The standard InChI is InChI=1S/C17H17Cl2NO3/c1-22-15-10-16(23-2)14(9-13(15)19)20-17(21)8-7-11-5-3-4-6-12(11)18/h3-6,9-10H,7-8H2,1-2H3,(H,20,21). The van der Waals surface area contributed by atoms with Crippen LogP contribution in [0.15, 0.2) is 36.4 Å². The van der Waals surface area contributed by atoms with Crippen molar-refractivity contribution in [2.24, 2.45) is 0 Å². The van der Waals surface area contributed by atoms with Crippen molar-refractivity contribution in [3.63, 3.8) is 0 Å². The average molecular weight is 354 g/mol. The van der Waals surface area contributed by atoms with Gasteiger partial charge in [-0.2, -0.15) is 0 Å². The van der Waals surface area contributed by atoms with E-state index in [1.54, 1.807) is 18.2 Å². The lowest BCUT2D eigenvalue weighted by molar-refractivity contribution is -0.116. The van der Waals surface area contributed by atoms with E-state index >= 15 is 0 Å². The first-order chi connectivity index (χ1) is 11.0. The number of methoxy groups -OCH3 is 2. The Kier molecular flexibility index (Phi) is 6.13. The maximum absolute atomic E-state index is 12.1. The third kappa shape index (κ3) is 4.53. The predicted molar refractivity (Wildman–Crippen MR) is 93.0 cm³/mol. The zero-order valence-electron chi connectivity index (χ0n) is 12.9. The highest BCUT2D eigenvalue weighted by molar-refractivity contribution is 6.32. The molecule has 1 amide bonds. The van der Waals surface area contributed by atoms with Crippen LogP contribution in [0.4, 0.5) is 5.69 Å². The maximum Gasteiger partial charge on any atom is 0.224 e. The van der Waals surface area contributed by atoms with Gasteiger partial charge in [-0.25, -0.2) is 0 Å². The largest absolute Gasteiger partial charge is 0.495 e. The molecule has 2 aromatic rings. The van der Waals surface area contributed by atoms with Crippen molar-refractivity contribution in [3.05, 3.63) is 52.0 Å². The van der Waals surface area contributed by atoms with Crippen LogP contribution in [-0.4, -0.2) is 20.1 Å². The fraction of sp³-hybridized carbons (Fsp3) is 0.235. The molecule has 0 aliphatic carbocycles. The molecule has 0 fully saturated rings. The number of ether oxygens (including phenoxy) is 2. The summed E-state index contributed by atoms with van der Waals surface area (Å²) in [6.45, 7) is 0. The minimum atomic E-state index is -0.149. The molecule has 2 rings (SSSR count). The summed E-state index contributed by atoms with van der Waals surface area (Å²) in [5, 5.41) is 3.85. The third-order valence-corrected chi connectivity index (χ3v) is 3.99. The number of benzene rings is 2. The SMILES string of the molecule is COc1cc(OC)c(NC(=O)CCc2ccccc2Cl)cc1Cl. The third-order valence-electron chi connectivity index (χ3n) is 3.33. The van der Waals surface area contributed by atoms with Crippen LogP contribution < -0.4 is 14.8 Å². The monoisotopic (exact) mass is 353 g/mol. The molecule has 0 aromatic heterocycles. The van der Waals surface area contributed by atoms with E-state index in [4.69, 9.17) is 32.7 Å². The second-order valence-electron chi connectivity index (χ2n) is 4.83. The molecule has 1 N–H and O–H groups in total. The molecule has 6 heteroatoms. The molecule has 0 heterocycles. The minimum Gasteiger partial charge on any atom is -0.495 e. The molecule has 0 atom stereocenters. The Morgan fingerprint density at radius 2 is 1.74 bits per heavy atom. The molecular weight excluding hydrogens is 337 g/mol. The van der Waals surface area contributed by atoms with Crippen LogP contribution in [0.5, 0.6) is 11.5 Å². The predicted octanol–water partition coefficient (Wildman–Crippen LogP) is 4.58. The number of aryl methyl sites for hydroxylation is 1. The van der Waals surface area contributed by atoms with E-state index in [9.17, 15) is 4.79 Å². The smallest absolute Gasteiger partial charge is 0.224 e. The van der Waals surface area contributed by atoms with Crippen LogP contribution in [0, 0.1) is 0 Å². The van der Waals surface area contributed by atoms with E-state index in [0.717, 1.165) is 5.56 Å². The van der Waals surface area contributed by atoms with Gasteiger partial charge in [-0.05, 0) is 24.1 Å². The van der Waals surface area contributed by atoms with Gasteiger partial charge in [0.25, 0.3) is 0 Å². The van der Waals surface area contributed by atoms with Crippen LogP contribution in [0.1, 0.15) is 12.0 Å². The Labute approximate surface area is 145 Å². The first-order valence-corrected chi connectivity index (χ1v) is 7.75. The number of hydrogen-bond acceptors (Lipinski definition) is 3. The summed E-state index contributed by atoms with van der Waals surface area (Å²) >= 11 is 12.2. The Morgan fingerprint density at radius 1 is 1.04 bits per heavy atom. The van der Waals surface area contributed by atoms with Crippen LogP contribution in [0.3, 0.4) is 0 Å². The van der Waals surface area contributed by atoms with Crippen molar-refractivity contribution in [1.82, 2.24) is 0 Å². The van der Waals surface area contributed by atoms with Gasteiger partial charge < -0.3 is 14.8 Å². The van der Waals surface area contributed by atoms with E-state index in [1.807, 2.05) is 18.2 Å². The average Bonchev–Trinajstić information content (AvgIpc) is 2.54. The molecule has 2 aromatic carbocycles. The molecule has 0 radical (unpaired) electrons. The first kappa shape index (κ1) is 17.4. The zero-order chi connectivity index (χ0) is 16.8. The molecule has 4 nitrogen and oxygen atoms in total. The first-order valence-electron chi connectivity index (χ1n) is 7.00. The van der Waals surface area contributed by atoms with E-state index in [2.05, 4.69) is 5.32 Å². The summed E-state index contributed by atoms with van der Waals surface area (Å²) in [6.07, 6.45) is 0.855. The summed E-state index contributed by atoms with van der Waals surface area (Å²) in [4.78, 5) is 12.1. The molecule has 0 saturated heterocycles. The van der Waals surface area contributed by atoms with E-state index in [-0.39, 0.29) is 5.91 Å². The summed E-state index contributed by atoms with van der Waals surface area (Å²) in [5.41, 5.74) is 1.44. The molecule has 0 aliphatic heterocycles. The molecule has 0 unspecified atom stereocenters. The number of halogens is 2. The van der Waals surface area contributed by atoms with E-state index in [1.165, 1.54) is 14.2 Å². The van der Waals surface area contributed by atoms with Crippen molar-refractivity contribution in [2.75, 3.05) is 19.5 Å². The second kappa shape index (κ2) is 8.09. The summed E-state index contributed by atoms with van der Waals surface area (Å²) in [6, 6.07) is 10.7. The van der Waals surface area contributed by atoms with Gasteiger partial charge in [-0.15, -0.1) is 0 Å². The minimum absolute atomic E-state index is 0.149. The second-order valence-corrected chi connectivity index (χ2v) is 5.64. The normalized spacial score (nSPS) is 10.3. The number of rotatable bonds is 6. The number of amides is 1. The lowest BCUT2D eigenvalue weighted by Crippen LogP contribution is -2.13. The number of hydrogen-bond donors (Lipinski definition) is 1. The van der Waals surface area contributed by atoms with Crippen LogP contribution in [0.2, 0.25) is 10.0 Å². The molecule has 23 heavy (non-hydrogen) atoms. The molecule has 122 valence electrons. The van der Waals surface area contributed by atoms with Gasteiger partial charge in [0, 0.05) is 17.5 Å². The molecule has 0 aliphatic rings. The summed E-state index contributed by atoms with van der Waals surface area (Å²) < 4.78 is 10.4. The summed E-state index contributed by atoms with van der Waals surface area (Å²) in [7, 11) is 3.03. The van der Waals surface area contributed by atoms with E-state index < -0.39 is 0 Å². The molecular formula is C17H17Cl2NO3. The highest BCUT2D eigenvalue weighted by atomic mass is 35.5. The Morgan fingerprint density at radius 3 is 2.39 bits per heavy atom. The van der Waals surface area contributed by atoms with Gasteiger partial charge in [0.05, 0.1) is 24.9 Å². The van der Waals surface area contributed by atoms with Gasteiger partial charge >= 0.3 is 0 Å². The van der Waals surface area contributed by atoms with Crippen LogP contribution in [0.25, 0.3) is 0 Å². The van der Waals surface area contributed by atoms with Crippen molar-refractivity contribution >= 4 is 34.8 Å². The quantitative estimate of drug-likeness (QED) is 0.826. The molecule has 0 spiro atoms.